The van der Waals surface area contributed by atoms with E-state index in [0.29, 0.717) is 13.2 Å². The molecule has 4 nitrogen and oxygen atoms in total. The second-order valence-corrected chi connectivity index (χ2v) is 6.18. The van der Waals surface area contributed by atoms with Crippen LogP contribution in [0.1, 0.15) is 31.7 Å². The summed E-state index contributed by atoms with van der Waals surface area (Å²) in [5.74, 6) is 0.0630. The number of hydrogen-bond donors (Lipinski definition) is 0. The molecule has 0 bridgehead atoms. The smallest absolute Gasteiger partial charge is 0.254 e. The summed E-state index contributed by atoms with van der Waals surface area (Å²) in [6.07, 6.45) is 4.68. The summed E-state index contributed by atoms with van der Waals surface area (Å²) < 4.78 is 5.77. The molecule has 1 aromatic heterocycles. The van der Waals surface area contributed by atoms with Gasteiger partial charge in [-0.25, -0.2) is 0 Å². The second kappa shape index (κ2) is 6.05. The highest BCUT2D eigenvalue weighted by molar-refractivity contribution is 5.86. The fraction of sp³-hybridized carbons (Fsp3) is 0.444. The molecule has 1 aliphatic heterocycles. The Hall–Kier alpha value is -1.94. The molecule has 0 saturated carbocycles. The Labute approximate surface area is 131 Å². The number of aromatic nitrogens is 1. The molecule has 0 radical (unpaired) electrons. The summed E-state index contributed by atoms with van der Waals surface area (Å²) in [7, 11) is 1.85. The summed E-state index contributed by atoms with van der Waals surface area (Å²) in [6.45, 7) is 3.16. The van der Waals surface area contributed by atoms with Gasteiger partial charge >= 0.3 is 0 Å². The van der Waals surface area contributed by atoms with Crippen LogP contribution in [0.25, 0.3) is 10.9 Å². The molecule has 0 unspecified atom stereocenters. The maximum Gasteiger partial charge on any atom is 0.254 e. The lowest BCUT2D eigenvalue weighted by molar-refractivity contribution is -0.161. The van der Waals surface area contributed by atoms with Crippen LogP contribution in [-0.4, -0.2) is 35.0 Å². The van der Waals surface area contributed by atoms with Gasteiger partial charge in [0.1, 0.15) is 5.60 Å². The SMILES string of the molecule is CN(Cc1cccc2ncccc12)C(=O)[C@]1(C)CCCCO1. The molecule has 1 aliphatic rings. The average molecular weight is 298 g/mol. The number of pyridine rings is 1. The highest BCUT2D eigenvalue weighted by atomic mass is 16.5. The van der Waals surface area contributed by atoms with Gasteiger partial charge in [-0.3, -0.25) is 9.78 Å². The quantitative estimate of drug-likeness (QED) is 0.874. The van der Waals surface area contributed by atoms with E-state index in [1.807, 2.05) is 32.2 Å². The number of carbonyl (C=O) groups is 1. The molecule has 1 atom stereocenters. The van der Waals surface area contributed by atoms with Gasteiger partial charge in [0.25, 0.3) is 5.91 Å². The first-order chi connectivity index (χ1) is 10.6. The van der Waals surface area contributed by atoms with Crippen LogP contribution in [-0.2, 0) is 16.1 Å². The van der Waals surface area contributed by atoms with Crippen molar-refractivity contribution in [3.8, 4) is 0 Å². The summed E-state index contributed by atoms with van der Waals surface area (Å²) in [5.41, 5.74) is 1.40. The fourth-order valence-electron chi connectivity index (χ4n) is 3.14. The molecule has 1 amide bonds. The van der Waals surface area contributed by atoms with E-state index < -0.39 is 5.60 Å². The van der Waals surface area contributed by atoms with Gasteiger partial charge < -0.3 is 9.64 Å². The number of likely N-dealkylation sites (N-methyl/N-ethyl adjacent to an activating group) is 1. The van der Waals surface area contributed by atoms with Crippen molar-refractivity contribution in [2.24, 2.45) is 0 Å². The second-order valence-electron chi connectivity index (χ2n) is 6.18. The zero-order chi connectivity index (χ0) is 15.6. The lowest BCUT2D eigenvalue weighted by atomic mass is 9.94. The van der Waals surface area contributed by atoms with E-state index >= 15 is 0 Å². The molecule has 4 heteroatoms. The number of amides is 1. The van der Waals surface area contributed by atoms with Gasteiger partial charge in [-0.1, -0.05) is 18.2 Å². The number of ether oxygens (including phenoxy) is 1. The minimum absolute atomic E-state index is 0.0630. The minimum Gasteiger partial charge on any atom is -0.365 e. The number of fused-ring (bicyclic) bond motifs is 1. The number of hydrogen-bond acceptors (Lipinski definition) is 3. The van der Waals surface area contributed by atoms with Crippen LogP contribution in [0.3, 0.4) is 0 Å². The molecule has 1 aromatic carbocycles. The van der Waals surface area contributed by atoms with Crippen molar-refractivity contribution in [2.45, 2.75) is 38.3 Å². The first-order valence-corrected chi connectivity index (χ1v) is 7.82. The molecule has 22 heavy (non-hydrogen) atoms. The molecular formula is C18H22N2O2. The largest absolute Gasteiger partial charge is 0.365 e. The topological polar surface area (TPSA) is 42.4 Å². The van der Waals surface area contributed by atoms with Crippen LogP contribution in [0.2, 0.25) is 0 Å². The predicted octanol–water partition coefficient (Wildman–Crippen LogP) is 3.15. The third-order valence-electron chi connectivity index (χ3n) is 4.41. The third kappa shape index (κ3) is 2.83. The van der Waals surface area contributed by atoms with Crippen molar-refractivity contribution in [1.29, 1.82) is 0 Å². The van der Waals surface area contributed by atoms with Gasteiger partial charge in [0.05, 0.1) is 5.52 Å². The monoisotopic (exact) mass is 298 g/mol. The van der Waals surface area contributed by atoms with E-state index in [4.69, 9.17) is 4.74 Å². The van der Waals surface area contributed by atoms with Crippen molar-refractivity contribution >= 4 is 16.8 Å². The van der Waals surface area contributed by atoms with E-state index in [0.717, 1.165) is 35.7 Å². The molecule has 1 fully saturated rings. The summed E-state index contributed by atoms with van der Waals surface area (Å²) in [6, 6.07) is 10.0. The first-order valence-electron chi connectivity index (χ1n) is 7.82. The first kappa shape index (κ1) is 15.0. The Balaban J connectivity index is 1.81. The van der Waals surface area contributed by atoms with E-state index in [1.165, 1.54) is 0 Å². The van der Waals surface area contributed by atoms with E-state index in [9.17, 15) is 4.79 Å². The van der Waals surface area contributed by atoms with Gasteiger partial charge in [-0.2, -0.15) is 0 Å². The molecule has 0 spiro atoms. The molecular weight excluding hydrogens is 276 g/mol. The van der Waals surface area contributed by atoms with Crippen LogP contribution in [0.15, 0.2) is 36.5 Å². The number of nitrogens with zero attached hydrogens (tertiary/aromatic N) is 2. The Morgan fingerprint density at radius 1 is 1.32 bits per heavy atom. The number of benzene rings is 1. The zero-order valence-electron chi connectivity index (χ0n) is 13.2. The van der Waals surface area contributed by atoms with Crippen LogP contribution in [0.5, 0.6) is 0 Å². The number of carbonyl (C=O) groups excluding carboxylic acids is 1. The Kier molecular flexibility index (Phi) is 4.12. The molecule has 116 valence electrons. The van der Waals surface area contributed by atoms with Crippen molar-refractivity contribution in [1.82, 2.24) is 9.88 Å². The van der Waals surface area contributed by atoms with E-state index in [2.05, 4.69) is 17.1 Å². The predicted molar refractivity (Wildman–Crippen MR) is 86.4 cm³/mol. The number of rotatable bonds is 3. The van der Waals surface area contributed by atoms with Crippen molar-refractivity contribution in [3.63, 3.8) is 0 Å². The zero-order valence-corrected chi connectivity index (χ0v) is 13.2. The lowest BCUT2D eigenvalue weighted by Crippen LogP contribution is -2.48. The summed E-state index contributed by atoms with van der Waals surface area (Å²) in [5, 5.41) is 1.10. The molecule has 2 aromatic rings. The van der Waals surface area contributed by atoms with Gasteiger partial charge in [-0.15, -0.1) is 0 Å². The maximum absolute atomic E-state index is 12.7. The standard InChI is InChI=1S/C18H22N2O2/c1-18(10-3-4-12-22-18)17(21)20(2)13-14-7-5-9-16-15(14)8-6-11-19-16/h5-9,11H,3-4,10,12-13H2,1-2H3/t18-/m0/s1. The third-order valence-corrected chi connectivity index (χ3v) is 4.41. The highest BCUT2D eigenvalue weighted by Gasteiger charge is 2.38. The molecule has 2 heterocycles. The van der Waals surface area contributed by atoms with Crippen molar-refractivity contribution in [2.75, 3.05) is 13.7 Å². The van der Waals surface area contributed by atoms with Gasteiger partial charge in [0, 0.05) is 31.8 Å². The minimum atomic E-state index is -0.671. The fourth-order valence-corrected chi connectivity index (χ4v) is 3.14. The van der Waals surface area contributed by atoms with Crippen molar-refractivity contribution in [3.05, 3.63) is 42.1 Å². The Morgan fingerprint density at radius 2 is 2.18 bits per heavy atom. The van der Waals surface area contributed by atoms with Gasteiger partial charge in [0.2, 0.25) is 0 Å². The van der Waals surface area contributed by atoms with Crippen LogP contribution in [0.4, 0.5) is 0 Å². The molecule has 3 rings (SSSR count). The van der Waals surface area contributed by atoms with Crippen LogP contribution in [0, 0.1) is 0 Å². The molecule has 0 aliphatic carbocycles. The maximum atomic E-state index is 12.7. The van der Waals surface area contributed by atoms with Crippen molar-refractivity contribution < 1.29 is 9.53 Å². The van der Waals surface area contributed by atoms with E-state index in [1.54, 1.807) is 11.1 Å². The highest BCUT2D eigenvalue weighted by Crippen LogP contribution is 2.27. The van der Waals surface area contributed by atoms with E-state index in [-0.39, 0.29) is 5.91 Å². The van der Waals surface area contributed by atoms with Gasteiger partial charge in [-0.05, 0) is 43.9 Å². The molecule has 1 saturated heterocycles. The average Bonchev–Trinajstić information content (AvgIpc) is 2.55. The molecule has 0 N–H and O–H groups in total. The van der Waals surface area contributed by atoms with Crippen LogP contribution >= 0.6 is 0 Å². The Bertz CT molecular complexity index is 672. The van der Waals surface area contributed by atoms with Crippen LogP contribution < -0.4 is 0 Å². The summed E-state index contributed by atoms with van der Waals surface area (Å²) in [4.78, 5) is 18.9. The Morgan fingerprint density at radius 3 is 2.95 bits per heavy atom. The lowest BCUT2D eigenvalue weighted by Gasteiger charge is -2.35. The normalized spacial score (nSPS) is 21.7. The van der Waals surface area contributed by atoms with Gasteiger partial charge in [0.15, 0.2) is 0 Å². The summed E-state index contributed by atoms with van der Waals surface area (Å²) >= 11 is 0.